The zero-order valence-electron chi connectivity index (χ0n) is 6.99. The number of phenols is 2. The van der Waals surface area contributed by atoms with Crippen molar-refractivity contribution >= 4 is 17.4 Å². The molecule has 0 fully saturated rings. The van der Waals surface area contributed by atoms with Crippen LogP contribution in [0.3, 0.4) is 0 Å². The number of aromatic hydroxyl groups is 2. The predicted molar refractivity (Wildman–Crippen MR) is 49.4 cm³/mol. The molecule has 0 radical (unpaired) electrons. The van der Waals surface area contributed by atoms with Gasteiger partial charge in [-0.15, -0.1) is 11.6 Å². The van der Waals surface area contributed by atoms with Crippen molar-refractivity contribution in [2.24, 2.45) is 0 Å². The van der Waals surface area contributed by atoms with Crippen LogP contribution < -0.4 is 0 Å². The van der Waals surface area contributed by atoms with Crippen LogP contribution in [-0.4, -0.2) is 21.4 Å². The molecule has 1 rings (SSSR count). The van der Waals surface area contributed by atoms with Crippen LogP contribution in [0.5, 0.6) is 11.5 Å². The lowest BCUT2D eigenvalue weighted by Gasteiger charge is -2.06. The van der Waals surface area contributed by atoms with E-state index in [0.717, 1.165) is 0 Å². The Kier molecular flexibility index (Phi) is 2.78. The van der Waals surface area contributed by atoms with Gasteiger partial charge in [-0.3, -0.25) is 4.79 Å². The minimum absolute atomic E-state index is 0.120. The molecule has 1 atom stereocenters. The highest BCUT2D eigenvalue weighted by atomic mass is 35.5. The Morgan fingerprint density at radius 3 is 2.23 bits per heavy atom. The van der Waals surface area contributed by atoms with Crippen molar-refractivity contribution in [1.82, 2.24) is 0 Å². The molecule has 2 N–H and O–H groups in total. The molecule has 0 spiro atoms. The third kappa shape index (κ3) is 1.92. The topological polar surface area (TPSA) is 57.5 Å². The molecule has 70 valence electrons. The van der Waals surface area contributed by atoms with E-state index in [9.17, 15) is 15.0 Å². The lowest BCUT2D eigenvalue weighted by atomic mass is 10.1. The summed E-state index contributed by atoms with van der Waals surface area (Å²) in [5.74, 6) is -0.993. The van der Waals surface area contributed by atoms with Crippen LogP contribution in [0.1, 0.15) is 17.3 Å². The molecular formula is C9H9ClO3. The molecule has 0 heterocycles. The number of benzene rings is 1. The van der Waals surface area contributed by atoms with Crippen LogP contribution in [0, 0.1) is 0 Å². The van der Waals surface area contributed by atoms with Gasteiger partial charge < -0.3 is 10.2 Å². The maximum Gasteiger partial charge on any atom is 0.187 e. The van der Waals surface area contributed by atoms with Crippen LogP contribution in [0.2, 0.25) is 0 Å². The Hall–Kier alpha value is -1.22. The third-order valence-corrected chi connectivity index (χ3v) is 1.83. The van der Waals surface area contributed by atoms with E-state index in [1.165, 1.54) is 25.1 Å². The number of carbonyl (C=O) groups is 1. The number of hydrogen-bond acceptors (Lipinski definition) is 3. The number of phenolic OH excluding ortho intramolecular Hbond substituents is 2. The lowest BCUT2D eigenvalue weighted by Crippen LogP contribution is -2.10. The minimum atomic E-state index is -0.765. The molecule has 0 aliphatic carbocycles. The van der Waals surface area contributed by atoms with Gasteiger partial charge in [-0.25, -0.2) is 0 Å². The lowest BCUT2D eigenvalue weighted by molar-refractivity contribution is 0.0986. The Labute approximate surface area is 80.6 Å². The fraction of sp³-hybridized carbons (Fsp3) is 0.222. The fourth-order valence-corrected chi connectivity index (χ4v) is 1.09. The SMILES string of the molecule is CC(Cl)C(=O)c1c(O)cccc1O. The molecule has 0 aliphatic heterocycles. The third-order valence-electron chi connectivity index (χ3n) is 1.63. The molecule has 0 saturated heterocycles. The fourth-order valence-electron chi connectivity index (χ4n) is 0.980. The molecule has 0 bridgehead atoms. The van der Waals surface area contributed by atoms with Crippen LogP contribution in [0.25, 0.3) is 0 Å². The van der Waals surface area contributed by atoms with E-state index in [1.807, 2.05) is 0 Å². The summed E-state index contributed by atoms with van der Waals surface area (Å²) >= 11 is 5.53. The van der Waals surface area contributed by atoms with Gasteiger partial charge in [-0.1, -0.05) is 6.07 Å². The molecule has 0 aliphatic rings. The summed E-state index contributed by atoms with van der Waals surface area (Å²) in [6.07, 6.45) is 0. The number of carbonyl (C=O) groups excluding carboxylic acids is 1. The molecule has 4 heteroatoms. The van der Waals surface area contributed by atoms with Crippen LogP contribution in [0.4, 0.5) is 0 Å². The molecular weight excluding hydrogens is 192 g/mol. The van der Waals surface area contributed by atoms with Crippen LogP contribution >= 0.6 is 11.6 Å². The molecule has 1 unspecified atom stereocenters. The Balaban J connectivity index is 3.20. The van der Waals surface area contributed by atoms with E-state index in [4.69, 9.17) is 11.6 Å². The number of halogens is 1. The molecule has 1 aromatic carbocycles. The van der Waals surface area contributed by atoms with E-state index in [-0.39, 0.29) is 17.1 Å². The smallest absolute Gasteiger partial charge is 0.187 e. The van der Waals surface area contributed by atoms with Crippen molar-refractivity contribution < 1.29 is 15.0 Å². The van der Waals surface area contributed by atoms with E-state index in [0.29, 0.717) is 0 Å². The average Bonchev–Trinajstić information content (AvgIpc) is 2.03. The Bertz CT molecular complexity index is 313. The zero-order valence-corrected chi connectivity index (χ0v) is 7.75. The quantitative estimate of drug-likeness (QED) is 0.566. The van der Waals surface area contributed by atoms with E-state index in [1.54, 1.807) is 0 Å². The second kappa shape index (κ2) is 3.66. The number of alkyl halides is 1. The van der Waals surface area contributed by atoms with Crippen molar-refractivity contribution in [3.8, 4) is 11.5 Å². The maximum absolute atomic E-state index is 11.3. The maximum atomic E-state index is 11.3. The van der Waals surface area contributed by atoms with Gasteiger partial charge in [0.2, 0.25) is 0 Å². The molecule has 0 aromatic heterocycles. The largest absolute Gasteiger partial charge is 0.507 e. The molecule has 3 nitrogen and oxygen atoms in total. The van der Waals surface area contributed by atoms with Crippen LogP contribution in [0.15, 0.2) is 18.2 Å². The van der Waals surface area contributed by atoms with Crippen molar-refractivity contribution in [2.45, 2.75) is 12.3 Å². The van der Waals surface area contributed by atoms with E-state index < -0.39 is 11.2 Å². The normalized spacial score (nSPS) is 12.5. The monoisotopic (exact) mass is 200 g/mol. The Morgan fingerprint density at radius 1 is 1.38 bits per heavy atom. The second-order valence-corrected chi connectivity index (χ2v) is 3.31. The average molecular weight is 201 g/mol. The van der Waals surface area contributed by atoms with Gasteiger partial charge >= 0.3 is 0 Å². The summed E-state index contributed by atoms with van der Waals surface area (Å²) in [5.41, 5.74) is -0.120. The predicted octanol–water partition coefficient (Wildman–Crippen LogP) is 1.91. The molecule has 1 aromatic rings. The first kappa shape index (κ1) is 9.86. The van der Waals surface area contributed by atoms with Gasteiger partial charge in [0.15, 0.2) is 5.78 Å². The number of rotatable bonds is 2. The zero-order chi connectivity index (χ0) is 10.0. The van der Waals surface area contributed by atoms with Gasteiger partial charge in [0, 0.05) is 0 Å². The van der Waals surface area contributed by atoms with E-state index >= 15 is 0 Å². The minimum Gasteiger partial charge on any atom is -0.507 e. The van der Waals surface area contributed by atoms with Gasteiger partial charge in [-0.2, -0.15) is 0 Å². The summed E-state index contributed by atoms with van der Waals surface area (Å²) in [5, 5.41) is 17.8. The second-order valence-electron chi connectivity index (χ2n) is 2.65. The van der Waals surface area contributed by atoms with Gasteiger partial charge in [0.05, 0.1) is 5.38 Å². The highest BCUT2D eigenvalue weighted by Gasteiger charge is 2.19. The van der Waals surface area contributed by atoms with Crippen molar-refractivity contribution in [3.63, 3.8) is 0 Å². The highest BCUT2D eigenvalue weighted by molar-refractivity contribution is 6.34. The number of ketones is 1. The first-order valence-corrected chi connectivity index (χ1v) is 4.17. The van der Waals surface area contributed by atoms with Gasteiger partial charge in [0.25, 0.3) is 0 Å². The molecule has 0 amide bonds. The summed E-state index contributed by atoms with van der Waals surface area (Å²) in [7, 11) is 0. The highest BCUT2D eigenvalue weighted by Crippen LogP contribution is 2.28. The van der Waals surface area contributed by atoms with E-state index in [2.05, 4.69) is 0 Å². The molecule has 13 heavy (non-hydrogen) atoms. The summed E-state index contributed by atoms with van der Waals surface area (Å²) in [4.78, 5) is 11.3. The summed E-state index contributed by atoms with van der Waals surface area (Å²) in [6, 6.07) is 4.10. The number of hydrogen-bond donors (Lipinski definition) is 2. The first-order chi connectivity index (χ1) is 6.04. The molecule has 0 saturated carbocycles. The first-order valence-electron chi connectivity index (χ1n) is 3.73. The van der Waals surface area contributed by atoms with Crippen molar-refractivity contribution in [3.05, 3.63) is 23.8 Å². The van der Waals surface area contributed by atoms with Gasteiger partial charge in [0.1, 0.15) is 17.1 Å². The summed E-state index contributed by atoms with van der Waals surface area (Å²) in [6.45, 7) is 1.48. The van der Waals surface area contributed by atoms with Gasteiger partial charge in [-0.05, 0) is 19.1 Å². The van der Waals surface area contributed by atoms with Crippen molar-refractivity contribution in [1.29, 1.82) is 0 Å². The summed E-state index contributed by atoms with van der Waals surface area (Å²) < 4.78 is 0. The van der Waals surface area contributed by atoms with Crippen molar-refractivity contribution in [2.75, 3.05) is 0 Å². The standard InChI is InChI=1S/C9H9ClO3/c1-5(10)9(13)8-6(11)3-2-4-7(8)12/h2-5,11-12H,1H3. The number of Topliss-reactive ketones (excluding diaryl/α,β-unsaturated/α-hetero) is 1. The van der Waals surface area contributed by atoms with Crippen LogP contribution in [-0.2, 0) is 0 Å². The Morgan fingerprint density at radius 2 is 1.85 bits per heavy atom.